The van der Waals surface area contributed by atoms with Gasteiger partial charge in [0.15, 0.2) is 0 Å². The number of aromatic nitrogens is 2. The number of nitrogens with zero attached hydrogens (tertiary/aromatic N) is 4. The van der Waals surface area contributed by atoms with Gasteiger partial charge >= 0.3 is 6.09 Å². The lowest BCUT2D eigenvalue weighted by atomic mass is 10.3. The maximum Gasteiger partial charge on any atom is 0.409 e. The van der Waals surface area contributed by atoms with Crippen molar-refractivity contribution < 1.29 is 19.1 Å². The molecule has 2 heterocycles. The summed E-state index contributed by atoms with van der Waals surface area (Å²) in [5.74, 6) is -0.651. The highest BCUT2D eigenvalue weighted by atomic mass is 16.6. The van der Waals surface area contributed by atoms with Crippen LogP contribution in [0.15, 0.2) is 18.6 Å². The molecular weight excluding hydrogens is 302 g/mol. The summed E-state index contributed by atoms with van der Waals surface area (Å²) in [6.07, 6.45) is 3.84. The molecule has 1 aromatic rings. The van der Waals surface area contributed by atoms with E-state index < -0.39 is 5.91 Å². The minimum atomic E-state index is -0.448. The zero-order chi connectivity index (χ0) is 16.7. The summed E-state index contributed by atoms with van der Waals surface area (Å²) in [7, 11) is 0. The molecule has 0 unspecified atom stereocenters. The van der Waals surface area contributed by atoms with Gasteiger partial charge in [0, 0.05) is 38.6 Å². The van der Waals surface area contributed by atoms with Gasteiger partial charge in [-0.2, -0.15) is 0 Å². The van der Waals surface area contributed by atoms with Gasteiger partial charge in [0.1, 0.15) is 5.69 Å². The third-order valence-corrected chi connectivity index (χ3v) is 3.35. The number of amides is 3. The summed E-state index contributed by atoms with van der Waals surface area (Å²) in [5, 5.41) is 2.51. The average molecular weight is 321 g/mol. The quantitative estimate of drug-likeness (QED) is 0.802. The third kappa shape index (κ3) is 4.63. The van der Waals surface area contributed by atoms with Crippen molar-refractivity contribution in [1.82, 2.24) is 25.1 Å². The number of carbonyl (C=O) groups excluding carboxylic acids is 3. The van der Waals surface area contributed by atoms with Crippen molar-refractivity contribution in [3.8, 4) is 0 Å². The molecule has 1 N–H and O–H groups in total. The van der Waals surface area contributed by atoms with Crippen LogP contribution in [0.5, 0.6) is 0 Å². The van der Waals surface area contributed by atoms with E-state index in [1.54, 1.807) is 16.7 Å². The molecule has 23 heavy (non-hydrogen) atoms. The van der Waals surface area contributed by atoms with Crippen molar-refractivity contribution in [2.45, 2.75) is 6.92 Å². The monoisotopic (exact) mass is 321 g/mol. The fourth-order valence-electron chi connectivity index (χ4n) is 2.13. The van der Waals surface area contributed by atoms with Gasteiger partial charge in [-0.3, -0.25) is 14.6 Å². The van der Waals surface area contributed by atoms with Gasteiger partial charge < -0.3 is 19.9 Å². The number of carbonyl (C=O) groups is 3. The van der Waals surface area contributed by atoms with Crippen molar-refractivity contribution in [2.75, 3.05) is 39.3 Å². The molecule has 1 aromatic heterocycles. The van der Waals surface area contributed by atoms with E-state index in [0.717, 1.165) is 0 Å². The van der Waals surface area contributed by atoms with Crippen LogP contribution in [0.25, 0.3) is 0 Å². The first-order valence-corrected chi connectivity index (χ1v) is 7.35. The van der Waals surface area contributed by atoms with Crippen LogP contribution in [-0.2, 0) is 9.53 Å². The van der Waals surface area contributed by atoms with E-state index in [2.05, 4.69) is 15.3 Å². The molecule has 1 aliphatic heterocycles. The number of piperazine rings is 1. The molecule has 1 saturated heterocycles. The summed E-state index contributed by atoms with van der Waals surface area (Å²) < 4.78 is 4.92. The van der Waals surface area contributed by atoms with E-state index in [1.165, 1.54) is 18.6 Å². The maximum atomic E-state index is 12.1. The zero-order valence-electron chi connectivity index (χ0n) is 12.9. The number of rotatable bonds is 4. The Kier molecular flexibility index (Phi) is 5.84. The fourth-order valence-corrected chi connectivity index (χ4v) is 2.13. The molecular formula is C14H19N5O4. The Bertz CT molecular complexity index is 558. The van der Waals surface area contributed by atoms with E-state index in [1.807, 2.05) is 0 Å². The van der Waals surface area contributed by atoms with Crippen molar-refractivity contribution in [2.24, 2.45) is 0 Å². The zero-order valence-corrected chi connectivity index (χ0v) is 12.9. The Morgan fingerprint density at radius 2 is 1.87 bits per heavy atom. The van der Waals surface area contributed by atoms with Crippen LogP contribution in [-0.4, -0.2) is 77.0 Å². The molecule has 1 aliphatic rings. The number of ether oxygens (including phenoxy) is 1. The highest BCUT2D eigenvalue weighted by Crippen LogP contribution is 2.04. The van der Waals surface area contributed by atoms with E-state index in [9.17, 15) is 14.4 Å². The molecule has 1 fully saturated rings. The predicted molar refractivity (Wildman–Crippen MR) is 79.5 cm³/mol. The normalized spacial score (nSPS) is 14.3. The molecule has 0 bridgehead atoms. The second-order valence-corrected chi connectivity index (χ2v) is 4.84. The van der Waals surface area contributed by atoms with Crippen LogP contribution in [0.3, 0.4) is 0 Å². The van der Waals surface area contributed by atoms with Gasteiger partial charge in [-0.15, -0.1) is 0 Å². The maximum absolute atomic E-state index is 12.1. The van der Waals surface area contributed by atoms with Gasteiger partial charge in [-0.05, 0) is 6.92 Å². The molecule has 0 atom stereocenters. The predicted octanol–water partition coefficient (Wildman–Crippen LogP) is -0.493. The standard InChI is InChI=1S/C14H19N5O4/c1-2-23-14(22)19-7-5-18(6-8-19)12(20)10-17-13(21)11-9-15-3-4-16-11/h3-4,9H,2,5-8,10H2,1H3,(H,17,21). The Morgan fingerprint density at radius 1 is 1.17 bits per heavy atom. The van der Waals surface area contributed by atoms with Crippen LogP contribution in [0.1, 0.15) is 17.4 Å². The van der Waals surface area contributed by atoms with Gasteiger partial charge in [-0.25, -0.2) is 9.78 Å². The van der Waals surface area contributed by atoms with E-state index >= 15 is 0 Å². The van der Waals surface area contributed by atoms with E-state index in [4.69, 9.17) is 4.74 Å². The smallest absolute Gasteiger partial charge is 0.409 e. The van der Waals surface area contributed by atoms with Crippen LogP contribution in [0, 0.1) is 0 Å². The van der Waals surface area contributed by atoms with Crippen LogP contribution in [0.4, 0.5) is 4.79 Å². The number of nitrogens with one attached hydrogen (secondary N) is 1. The van der Waals surface area contributed by atoms with Crippen molar-refractivity contribution in [3.05, 3.63) is 24.3 Å². The molecule has 3 amide bonds. The second-order valence-electron chi connectivity index (χ2n) is 4.84. The summed E-state index contributed by atoms with van der Waals surface area (Å²) in [6.45, 7) is 3.63. The lowest BCUT2D eigenvalue weighted by molar-refractivity contribution is -0.131. The van der Waals surface area contributed by atoms with Gasteiger partial charge in [0.05, 0.1) is 19.3 Å². The Hall–Kier alpha value is -2.71. The lowest BCUT2D eigenvalue weighted by Crippen LogP contribution is -2.52. The van der Waals surface area contributed by atoms with Crippen LogP contribution < -0.4 is 5.32 Å². The molecule has 2 rings (SSSR count). The molecule has 9 nitrogen and oxygen atoms in total. The Labute approximate surface area is 133 Å². The van der Waals surface area contributed by atoms with Crippen LogP contribution in [0.2, 0.25) is 0 Å². The Balaban J connectivity index is 1.75. The highest BCUT2D eigenvalue weighted by molar-refractivity contribution is 5.94. The minimum Gasteiger partial charge on any atom is -0.450 e. The Morgan fingerprint density at radius 3 is 2.48 bits per heavy atom. The third-order valence-electron chi connectivity index (χ3n) is 3.35. The van der Waals surface area contributed by atoms with Crippen molar-refractivity contribution in [3.63, 3.8) is 0 Å². The molecule has 0 aromatic carbocycles. The lowest BCUT2D eigenvalue weighted by Gasteiger charge is -2.34. The average Bonchev–Trinajstić information content (AvgIpc) is 2.60. The van der Waals surface area contributed by atoms with E-state index in [0.29, 0.717) is 32.8 Å². The molecule has 9 heteroatoms. The molecule has 0 spiro atoms. The largest absolute Gasteiger partial charge is 0.450 e. The van der Waals surface area contributed by atoms with Crippen molar-refractivity contribution in [1.29, 1.82) is 0 Å². The van der Waals surface area contributed by atoms with Gasteiger partial charge in [-0.1, -0.05) is 0 Å². The summed E-state index contributed by atoms with van der Waals surface area (Å²) in [4.78, 5) is 46.3. The first-order valence-electron chi connectivity index (χ1n) is 7.35. The number of hydrogen-bond donors (Lipinski definition) is 1. The van der Waals surface area contributed by atoms with Gasteiger partial charge in [0.2, 0.25) is 5.91 Å². The molecule has 124 valence electrons. The van der Waals surface area contributed by atoms with Crippen molar-refractivity contribution >= 4 is 17.9 Å². The first kappa shape index (κ1) is 16.7. The topological polar surface area (TPSA) is 105 Å². The number of hydrogen-bond acceptors (Lipinski definition) is 6. The summed E-state index contributed by atoms with van der Waals surface area (Å²) in [5.41, 5.74) is 0.160. The summed E-state index contributed by atoms with van der Waals surface area (Å²) >= 11 is 0. The molecule has 0 radical (unpaired) electrons. The molecule has 0 aliphatic carbocycles. The fraction of sp³-hybridized carbons (Fsp3) is 0.500. The van der Waals surface area contributed by atoms with Gasteiger partial charge in [0.25, 0.3) is 5.91 Å². The summed E-state index contributed by atoms with van der Waals surface area (Å²) in [6, 6.07) is 0. The molecule has 0 saturated carbocycles. The first-order chi connectivity index (χ1) is 11.1. The SMILES string of the molecule is CCOC(=O)N1CCN(C(=O)CNC(=O)c2cnccn2)CC1. The van der Waals surface area contributed by atoms with Crippen LogP contribution >= 0.6 is 0 Å². The highest BCUT2D eigenvalue weighted by Gasteiger charge is 2.24. The second kappa shape index (κ2) is 8.06. The minimum absolute atomic E-state index is 0.116. The van der Waals surface area contributed by atoms with E-state index in [-0.39, 0.29) is 24.2 Å².